The van der Waals surface area contributed by atoms with Gasteiger partial charge in [-0.2, -0.15) is 6.42 Å². The van der Waals surface area contributed by atoms with Crippen LogP contribution in [0.3, 0.4) is 0 Å². The second-order valence-electron chi connectivity index (χ2n) is 5.73. The number of unbranched alkanes of at least 4 members (excludes halogenated alkanes) is 13. The van der Waals surface area contributed by atoms with Crippen LogP contribution >= 0.6 is 6.72 Å². The Balaban J connectivity index is -0.000000578. The summed E-state index contributed by atoms with van der Waals surface area (Å²) in [4.78, 5) is 22.7. The van der Waals surface area contributed by atoms with Gasteiger partial charge in [0.25, 0.3) is 0 Å². The molecule has 0 saturated heterocycles. The summed E-state index contributed by atoms with van der Waals surface area (Å²) < 4.78 is 0. The van der Waals surface area contributed by atoms with Gasteiger partial charge in [0.1, 0.15) is 0 Å². The Kier molecular flexibility index (Phi) is 29.0. The van der Waals surface area contributed by atoms with E-state index in [0.717, 1.165) is 12.8 Å². The summed E-state index contributed by atoms with van der Waals surface area (Å²) in [7, 11) is 0. The Bertz CT molecular complexity index is 230. The molecule has 4 nitrogen and oxygen atoms in total. The fourth-order valence-corrected chi connectivity index (χ4v) is 2.25. The van der Waals surface area contributed by atoms with Crippen molar-refractivity contribution < 1.29 is 39.3 Å². The molecular formula is C16H36O4PSZn-. The van der Waals surface area contributed by atoms with E-state index in [9.17, 15) is 0 Å². The van der Waals surface area contributed by atoms with Crippen molar-refractivity contribution in [1.82, 2.24) is 0 Å². The molecule has 0 aliphatic carbocycles. The Labute approximate surface area is 161 Å². The molecule has 0 rings (SSSR count). The fourth-order valence-electron chi connectivity index (χ4n) is 2.25. The molecule has 0 aromatic rings. The summed E-state index contributed by atoms with van der Waals surface area (Å²) in [5.41, 5.74) is 0. The Morgan fingerprint density at radius 3 is 1.22 bits per heavy atom. The van der Waals surface area contributed by atoms with Crippen LogP contribution in [-0.4, -0.2) is 19.8 Å². The third kappa shape index (κ3) is 45.1. The summed E-state index contributed by atoms with van der Waals surface area (Å²) in [5.74, 6) is 0. The predicted molar refractivity (Wildman–Crippen MR) is 97.5 cm³/mol. The maximum Gasteiger partial charge on any atom is 0.319 e. The van der Waals surface area contributed by atoms with E-state index >= 15 is 0 Å². The molecule has 0 spiro atoms. The van der Waals surface area contributed by atoms with Gasteiger partial charge in [0, 0.05) is 19.5 Å². The molecule has 0 heterocycles. The molecule has 0 atom stereocenters. The molecule has 138 valence electrons. The zero-order valence-electron chi connectivity index (χ0n) is 14.8. The summed E-state index contributed by atoms with van der Waals surface area (Å²) >= 11 is 3.60. The number of hydrogen-bond donors (Lipinski definition) is 4. The number of hydrogen-bond acceptors (Lipinski definition) is 2. The van der Waals surface area contributed by atoms with Gasteiger partial charge in [-0.3, -0.25) is 0 Å². The van der Waals surface area contributed by atoms with E-state index < -0.39 is 6.72 Å². The van der Waals surface area contributed by atoms with Crippen molar-refractivity contribution in [2.24, 2.45) is 0 Å². The van der Waals surface area contributed by atoms with Gasteiger partial charge >= 0.3 is 6.72 Å². The molecule has 0 aromatic carbocycles. The van der Waals surface area contributed by atoms with Crippen molar-refractivity contribution in [1.29, 1.82) is 0 Å². The number of aliphatic hydroxyl groups is 1. The van der Waals surface area contributed by atoms with E-state index in [1.807, 2.05) is 0 Å². The van der Waals surface area contributed by atoms with Gasteiger partial charge in [0.2, 0.25) is 0 Å². The van der Waals surface area contributed by atoms with E-state index in [-0.39, 0.29) is 19.5 Å². The third-order valence-corrected chi connectivity index (χ3v) is 3.44. The SMILES string of the molecule is CCCCCCCCCCCCCCC[CH-]O.OP(O)(O)=S.[Zn]. The van der Waals surface area contributed by atoms with Gasteiger partial charge in [-0.15, -0.1) is 0 Å². The third-order valence-electron chi connectivity index (χ3n) is 3.44. The quantitative estimate of drug-likeness (QED) is 0.135. The minimum Gasteiger partial charge on any atom is -0.566 e. The monoisotopic (exact) mass is 419 g/mol. The molecule has 0 amide bonds. The molecule has 4 N–H and O–H groups in total. The second-order valence-corrected chi connectivity index (χ2v) is 8.22. The Morgan fingerprint density at radius 1 is 0.696 bits per heavy atom. The van der Waals surface area contributed by atoms with Crippen LogP contribution in [0.5, 0.6) is 0 Å². The first-order chi connectivity index (χ1) is 10.4. The van der Waals surface area contributed by atoms with Crippen LogP contribution in [0, 0.1) is 6.61 Å². The Morgan fingerprint density at radius 2 is 0.957 bits per heavy atom. The summed E-state index contributed by atoms with van der Waals surface area (Å²) in [5, 5.41) is 8.52. The fraction of sp³-hybridized carbons (Fsp3) is 0.938. The first-order valence-corrected chi connectivity index (χ1v) is 11.3. The van der Waals surface area contributed by atoms with Crippen LogP contribution in [-0.2, 0) is 31.3 Å². The largest absolute Gasteiger partial charge is 0.566 e. The van der Waals surface area contributed by atoms with Crippen LogP contribution in [0.1, 0.15) is 96.8 Å². The van der Waals surface area contributed by atoms with E-state index in [0.29, 0.717) is 0 Å². The van der Waals surface area contributed by atoms with Crippen molar-refractivity contribution in [2.75, 3.05) is 0 Å². The van der Waals surface area contributed by atoms with E-state index in [2.05, 4.69) is 18.7 Å². The van der Waals surface area contributed by atoms with Crippen LogP contribution in [0.4, 0.5) is 0 Å². The molecule has 0 aliphatic rings. The summed E-state index contributed by atoms with van der Waals surface area (Å²) in [6, 6.07) is 0. The maximum absolute atomic E-state index is 8.52. The van der Waals surface area contributed by atoms with Gasteiger partial charge in [-0.1, -0.05) is 90.4 Å². The van der Waals surface area contributed by atoms with Crippen molar-refractivity contribution >= 4 is 18.5 Å². The molecule has 0 aliphatic heterocycles. The minimum atomic E-state index is -3.81. The molecule has 0 bridgehead atoms. The van der Waals surface area contributed by atoms with Gasteiger partial charge in [-0.25, -0.2) is 6.61 Å². The van der Waals surface area contributed by atoms with Crippen molar-refractivity contribution in [3.05, 3.63) is 6.61 Å². The molecule has 0 radical (unpaired) electrons. The first-order valence-electron chi connectivity index (χ1n) is 8.66. The Hall–Kier alpha value is 1.11. The molecule has 0 saturated carbocycles. The predicted octanol–water partition coefficient (Wildman–Crippen LogP) is 5.19. The average Bonchev–Trinajstić information content (AvgIpc) is 2.42. The number of aliphatic hydroxyl groups excluding tert-OH is 1. The van der Waals surface area contributed by atoms with Gasteiger partial charge in [0.05, 0.1) is 0 Å². The van der Waals surface area contributed by atoms with E-state index in [1.165, 1.54) is 83.7 Å². The average molecular weight is 421 g/mol. The maximum atomic E-state index is 8.52. The number of rotatable bonds is 14. The van der Waals surface area contributed by atoms with E-state index in [4.69, 9.17) is 19.8 Å². The van der Waals surface area contributed by atoms with Crippen LogP contribution < -0.4 is 0 Å². The molecule has 0 aromatic heterocycles. The second kappa shape index (κ2) is 23.1. The van der Waals surface area contributed by atoms with Crippen LogP contribution in [0.25, 0.3) is 0 Å². The molecular weight excluding hydrogens is 385 g/mol. The zero-order chi connectivity index (χ0) is 17.1. The smallest absolute Gasteiger partial charge is 0.319 e. The first kappa shape index (κ1) is 28.9. The van der Waals surface area contributed by atoms with Crippen LogP contribution in [0.2, 0.25) is 0 Å². The molecule has 23 heavy (non-hydrogen) atoms. The molecule has 7 heteroatoms. The van der Waals surface area contributed by atoms with E-state index in [1.54, 1.807) is 0 Å². The van der Waals surface area contributed by atoms with Crippen molar-refractivity contribution in [2.45, 2.75) is 96.8 Å². The molecule has 0 fully saturated rings. The minimum absolute atomic E-state index is 0. The zero-order valence-corrected chi connectivity index (χ0v) is 19.5. The van der Waals surface area contributed by atoms with Crippen molar-refractivity contribution in [3.8, 4) is 0 Å². The topological polar surface area (TPSA) is 80.9 Å². The van der Waals surface area contributed by atoms with Crippen LogP contribution in [0.15, 0.2) is 0 Å². The normalized spacial score (nSPS) is 10.7. The molecule has 0 unspecified atom stereocenters. The standard InChI is InChI=1S/C16H33O.H3O3PS.Zn/c1-2-3-4-5-6-7-8-9-10-11-12-13-14-15-16-17;1-4(2,3)5;/h16-17H,2-15H2,1H3;(H3,1,2,3,5);/q-1;;. The summed E-state index contributed by atoms with van der Waals surface area (Å²) in [6.07, 6.45) is 18.9. The summed E-state index contributed by atoms with van der Waals surface area (Å²) in [6.45, 7) is -0.239. The van der Waals surface area contributed by atoms with Gasteiger partial charge < -0.3 is 19.8 Å². The van der Waals surface area contributed by atoms with Crippen molar-refractivity contribution in [3.63, 3.8) is 0 Å². The van der Waals surface area contributed by atoms with Gasteiger partial charge in [-0.05, 0) is 11.8 Å². The van der Waals surface area contributed by atoms with Gasteiger partial charge in [0.15, 0.2) is 0 Å².